The molecule has 0 amide bonds. The normalized spacial score (nSPS) is 18.7. The zero-order valence-electron chi connectivity index (χ0n) is 23.9. The Bertz CT molecular complexity index is 1220. The summed E-state index contributed by atoms with van der Waals surface area (Å²) >= 11 is 0. The van der Waals surface area contributed by atoms with Gasteiger partial charge in [0.15, 0.2) is 11.6 Å². The molecule has 200 valence electrons. The SMILES string of the molecule is CCC(C(CCCC(C)C)C(=O)c1ccc(C)cc1)C1Cc2cc(C)ccc2C(=O)C1Cc1ccccc1. The van der Waals surface area contributed by atoms with Crippen LogP contribution in [0, 0.1) is 43.4 Å². The topological polar surface area (TPSA) is 34.1 Å². The third-order valence-corrected chi connectivity index (χ3v) is 8.64. The van der Waals surface area contributed by atoms with Crippen molar-refractivity contribution in [3.63, 3.8) is 0 Å². The quantitative estimate of drug-likeness (QED) is 0.242. The summed E-state index contributed by atoms with van der Waals surface area (Å²) in [5.74, 6) is 1.22. The predicted octanol–water partition coefficient (Wildman–Crippen LogP) is 8.87. The molecule has 1 aliphatic carbocycles. The average molecular weight is 509 g/mol. The molecule has 4 rings (SSSR count). The van der Waals surface area contributed by atoms with E-state index in [1.54, 1.807) is 0 Å². The molecule has 0 radical (unpaired) electrons. The first-order valence-electron chi connectivity index (χ1n) is 14.6. The number of ketones is 2. The van der Waals surface area contributed by atoms with Crippen molar-refractivity contribution >= 4 is 11.6 Å². The lowest BCUT2D eigenvalue weighted by molar-refractivity contribution is 0.0644. The van der Waals surface area contributed by atoms with Crippen LogP contribution in [0.3, 0.4) is 0 Å². The van der Waals surface area contributed by atoms with E-state index in [0.29, 0.717) is 5.92 Å². The van der Waals surface area contributed by atoms with Crippen molar-refractivity contribution in [3.05, 3.63) is 106 Å². The van der Waals surface area contributed by atoms with Crippen LogP contribution in [0.5, 0.6) is 0 Å². The molecule has 0 aromatic heterocycles. The first kappa shape index (κ1) is 28.0. The van der Waals surface area contributed by atoms with E-state index in [9.17, 15) is 9.59 Å². The van der Waals surface area contributed by atoms with Gasteiger partial charge in [-0.2, -0.15) is 0 Å². The zero-order valence-corrected chi connectivity index (χ0v) is 23.9. The van der Waals surface area contributed by atoms with Crippen LogP contribution in [0.2, 0.25) is 0 Å². The van der Waals surface area contributed by atoms with Crippen molar-refractivity contribution in [3.8, 4) is 0 Å². The average Bonchev–Trinajstić information content (AvgIpc) is 2.90. The summed E-state index contributed by atoms with van der Waals surface area (Å²) in [4.78, 5) is 28.2. The molecular weight excluding hydrogens is 464 g/mol. The number of hydrogen-bond donors (Lipinski definition) is 0. The van der Waals surface area contributed by atoms with Gasteiger partial charge in [0, 0.05) is 23.0 Å². The van der Waals surface area contributed by atoms with E-state index in [-0.39, 0.29) is 35.2 Å². The lowest BCUT2D eigenvalue weighted by atomic mass is 9.62. The molecule has 2 nitrogen and oxygen atoms in total. The van der Waals surface area contributed by atoms with Gasteiger partial charge in [0.1, 0.15) is 0 Å². The highest BCUT2D eigenvalue weighted by atomic mass is 16.1. The Morgan fingerprint density at radius 2 is 1.58 bits per heavy atom. The van der Waals surface area contributed by atoms with Crippen LogP contribution in [-0.2, 0) is 12.8 Å². The summed E-state index contributed by atoms with van der Waals surface area (Å²) in [6.45, 7) is 10.9. The van der Waals surface area contributed by atoms with E-state index >= 15 is 0 Å². The van der Waals surface area contributed by atoms with Gasteiger partial charge in [0.05, 0.1) is 0 Å². The number of fused-ring (bicyclic) bond motifs is 1. The van der Waals surface area contributed by atoms with E-state index in [0.717, 1.165) is 60.8 Å². The monoisotopic (exact) mass is 508 g/mol. The molecule has 1 aliphatic rings. The molecule has 0 fully saturated rings. The second-order valence-electron chi connectivity index (χ2n) is 11.9. The molecule has 0 saturated carbocycles. The Balaban J connectivity index is 1.74. The Kier molecular flexibility index (Phi) is 9.36. The molecule has 4 unspecified atom stereocenters. The van der Waals surface area contributed by atoms with Crippen molar-refractivity contribution in [2.24, 2.45) is 29.6 Å². The molecule has 38 heavy (non-hydrogen) atoms. The van der Waals surface area contributed by atoms with Gasteiger partial charge in [-0.05, 0) is 62.0 Å². The van der Waals surface area contributed by atoms with Gasteiger partial charge in [-0.1, -0.05) is 124 Å². The van der Waals surface area contributed by atoms with Crippen LogP contribution in [0.15, 0.2) is 72.8 Å². The van der Waals surface area contributed by atoms with Crippen LogP contribution < -0.4 is 0 Å². The van der Waals surface area contributed by atoms with Gasteiger partial charge in [-0.3, -0.25) is 9.59 Å². The summed E-state index contributed by atoms with van der Waals surface area (Å²) in [5, 5.41) is 0. The summed E-state index contributed by atoms with van der Waals surface area (Å²) in [7, 11) is 0. The zero-order chi connectivity index (χ0) is 27.2. The summed E-state index contributed by atoms with van der Waals surface area (Å²) < 4.78 is 0. The number of carbonyl (C=O) groups excluding carboxylic acids is 2. The third kappa shape index (κ3) is 6.52. The number of benzene rings is 3. The van der Waals surface area contributed by atoms with Gasteiger partial charge in [0.25, 0.3) is 0 Å². The number of hydrogen-bond acceptors (Lipinski definition) is 2. The highest BCUT2D eigenvalue weighted by molar-refractivity contribution is 6.01. The lowest BCUT2D eigenvalue weighted by Crippen LogP contribution is -2.41. The Morgan fingerprint density at radius 3 is 2.24 bits per heavy atom. The molecule has 2 heteroatoms. The predicted molar refractivity (Wildman–Crippen MR) is 158 cm³/mol. The summed E-state index contributed by atoms with van der Waals surface area (Å²) in [5.41, 5.74) is 6.39. The third-order valence-electron chi connectivity index (χ3n) is 8.64. The fourth-order valence-corrected chi connectivity index (χ4v) is 6.59. The lowest BCUT2D eigenvalue weighted by Gasteiger charge is -2.40. The van der Waals surface area contributed by atoms with Crippen LogP contribution >= 0.6 is 0 Å². The molecule has 4 atom stereocenters. The second-order valence-corrected chi connectivity index (χ2v) is 11.9. The molecule has 0 N–H and O–H groups in total. The molecular formula is C36H44O2. The van der Waals surface area contributed by atoms with E-state index in [2.05, 4.69) is 71.0 Å². The summed E-state index contributed by atoms with van der Waals surface area (Å²) in [6.07, 6.45) is 5.52. The number of carbonyl (C=O) groups is 2. The molecule has 0 bridgehead atoms. The van der Waals surface area contributed by atoms with Crippen molar-refractivity contribution in [1.82, 2.24) is 0 Å². The molecule has 0 saturated heterocycles. The van der Waals surface area contributed by atoms with Crippen LogP contribution in [0.4, 0.5) is 0 Å². The Morgan fingerprint density at radius 1 is 0.895 bits per heavy atom. The molecule has 0 aliphatic heterocycles. The van der Waals surface area contributed by atoms with Crippen molar-refractivity contribution < 1.29 is 9.59 Å². The summed E-state index contributed by atoms with van der Waals surface area (Å²) in [6, 6.07) is 24.8. The standard InChI is InChI=1S/C36H44O2/c1-6-30(32(14-10-11-24(2)3)35(37)28-18-15-25(4)16-19-28)33-23-29-21-26(5)17-20-31(29)36(38)34(33)22-27-12-8-7-9-13-27/h7-9,12-13,15-21,24,30,32-34H,6,10-11,14,22-23H2,1-5H3. The number of aryl methyl sites for hydroxylation is 2. The van der Waals surface area contributed by atoms with E-state index in [1.165, 1.54) is 11.1 Å². The van der Waals surface area contributed by atoms with E-state index in [1.807, 2.05) is 36.4 Å². The minimum Gasteiger partial charge on any atom is -0.294 e. The molecule has 0 heterocycles. The van der Waals surface area contributed by atoms with Gasteiger partial charge in [-0.25, -0.2) is 0 Å². The fraction of sp³-hybridized carbons (Fsp3) is 0.444. The van der Waals surface area contributed by atoms with Crippen molar-refractivity contribution in [1.29, 1.82) is 0 Å². The maximum atomic E-state index is 14.1. The fourth-order valence-electron chi connectivity index (χ4n) is 6.59. The van der Waals surface area contributed by atoms with E-state index in [4.69, 9.17) is 0 Å². The van der Waals surface area contributed by atoms with E-state index < -0.39 is 0 Å². The highest BCUT2D eigenvalue weighted by Gasteiger charge is 2.43. The molecule has 3 aromatic rings. The Hall–Kier alpha value is -3.00. The van der Waals surface area contributed by atoms with Gasteiger partial charge in [0.2, 0.25) is 0 Å². The first-order valence-corrected chi connectivity index (χ1v) is 14.6. The minimum atomic E-state index is -0.115. The Labute approximate surface area is 229 Å². The van der Waals surface area contributed by atoms with Crippen LogP contribution in [-0.4, -0.2) is 11.6 Å². The number of rotatable bonds is 11. The van der Waals surface area contributed by atoms with Crippen LogP contribution in [0.25, 0.3) is 0 Å². The van der Waals surface area contributed by atoms with Gasteiger partial charge < -0.3 is 0 Å². The largest absolute Gasteiger partial charge is 0.294 e. The van der Waals surface area contributed by atoms with Crippen molar-refractivity contribution in [2.45, 2.75) is 73.1 Å². The molecule has 0 spiro atoms. The second kappa shape index (κ2) is 12.7. The first-order chi connectivity index (χ1) is 18.3. The highest BCUT2D eigenvalue weighted by Crippen LogP contribution is 2.43. The van der Waals surface area contributed by atoms with Crippen molar-refractivity contribution in [2.75, 3.05) is 0 Å². The minimum absolute atomic E-state index is 0.0797. The maximum absolute atomic E-state index is 14.1. The van der Waals surface area contributed by atoms with Crippen LogP contribution in [0.1, 0.15) is 89.4 Å². The number of Topliss-reactive ketones (excluding diaryl/α,β-unsaturated/α-hetero) is 2. The van der Waals surface area contributed by atoms with Gasteiger partial charge in [-0.15, -0.1) is 0 Å². The smallest absolute Gasteiger partial charge is 0.166 e. The van der Waals surface area contributed by atoms with Gasteiger partial charge >= 0.3 is 0 Å². The maximum Gasteiger partial charge on any atom is 0.166 e. The molecule has 3 aromatic carbocycles.